The van der Waals surface area contributed by atoms with Gasteiger partial charge in [0.05, 0.1) is 4.99 Å². The molecule has 0 aromatic heterocycles. The SMILES string of the molecule is CC1CN(C(CC(N)=S)c2ccccc2)CC(C)N1C. The van der Waals surface area contributed by atoms with Gasteiger partial charge in [-0.1, -0.05) is 42.5 Å². The van der Waals surface area contributed by atoms with Crippen molar-refractivity contribution in [3.8, 4) is 0 Å². The van der Waals surface area contributed by atoms with E-state index in [0.29, 0.717) is 23.1 Å². The summed E-state index contributed by atoms with van der Waals surface area (Å²) in [5, 5.41) is 0. The van der Waals surface area contributed by atoms with E-state index in [4.69, 9.17) is 18.0 Å². The molecule has 3 nitrogen and oxygen atoms in total. The molecule has 20 heavy (non-hydrogen) atoms. The molecular weight excluding hydrogens is 266 g/mol. The fourth-order valence-corrected chi connectivity index (χ4v) is 3.18. The molecular formula is C16H25N3S. The van der Waals surface area contributed by atoms with Crippen molar-refractivity contribution in [1.29, 1.82) is 0 Å². The summed E-state index contributed by atoms with van der Waals surface area (Å²) in [7, 11) is 2.21. The van der Waals surface area contributed by atoms with E-state index in [9.17, 15) is 0 Å². The number of rotatable bonds is 4. The summed E-state index contributed by atoms with van der Waals surface area (Å²) in [6.45, 7) is 6.68. The molecule has 1 fully saturated rings. The van der Waals surface area contributed by atoms with Crippen molar-refractivity contribution in [2.24, 2.45) is 5.73 Å². The molecule has 1 aliphatic rings. The third kappa shape index (κ3) is 3.57. The van der Waals surface area contributed by atoms with Gasteiger partial charge in [-0.2, -0.15) is 0 Å². The maximum Gasteiger partial charge on any atom is 0.0746 e. The quantitative estimate of drug-likeness (QED) is 0.864. The van der Waals surface area contributed by atoms with Gasteiger partial charge in [0.15, 0.2) is 0 Å². The Morgan fingerprint density at radius 1 is 1.25 bits per heavy atom. The molecule has 1 heterocycles. The van der Waals surface area contributed by atoms with Crippen LogP contribution in [0.1, 0.15) is 31.9 Å². The van der Waals surface area contributed by atoms with Crippen LogP contribution in [0.3, 0.4) is 0 Å². The Kier molecular flexibility index (Phi) is 5.13. The number of nitrogens with zero attached hydrogens (tertiary/aromatic N) is 2. The lowest BCUT2D eigenvalue weighted by molar-refractivity contribution is 0.0348. The molecule has 0 aliphatic carbocycles. The number of likely N-dealkylation sites (N-methyl/N-ethyl adjacent to an activating group) is 1. The number of benzene rings is 1. The average Bonchev–Trinajstić information content (AvgIpc) is 2.42. The van der Waals surface area contributed by atoms with E-state index < -0.39 is 0 Å². The molecule has 1 aliphatic heterocycles. The van der Waals surface area contributed by atoms with E-state index >= 15 is 0 Å². The second kappa shape index (κ2) is 6.66. The molecule has 0 spiro atoms. The van der Waals surface area contributed by atoms with Crippen LogP contribution in [0.15, 0.2) is 30.3 Å². The molecule has 0 amide bonds. The molecule has 110 valence electrons. The van der Waals surface area contributed by atoms with E-state index in [0.717, 1.165) is 19.5 Å². The van der Waals surface area contributed by atoms with Gasteiger partial charge in [0, 0.05) is 37.6 Å². The Labute approximate surface area is 127 Å². The van der Waals surface area contributed by atoms with Crippen molar-refractivity contribution in [2.45, 2.75) is 38.4 Å². The van der Waals surface area contributed by atoms with E-state index in [2.05, 4.69) is 61.0 Å². The van der Waals surface area contributed by atoms with E-state index in [1.54, 1.807) is 0 Å². The lowest BCUT2D eigenvalue weighted by Gasteiger charge is -2.45. The minimum Gasteiger partial charge on any atom is -0.393 e. The normalized spacial score (nSPS) is 26.4. The second-order valence-corrected chi connectivity index (χ2v) is 6.44. The van der Waals surface area contributed by atoms with Crippen molar-refractivity contribution >= 4 is 17.2 Å². The van der Waals surface area contributed by atoms with Gasteiger partial charge >= 0.3 is 0 Å². The van der Waals surface area contributed by atoms with Gasteiger partial charge < -0.3 is 5.73 Å². The standard InChI is InChI=1S/C16H25N3S/c1-12-10-19(11-13(2)18(12)3)15(9-16(17)20)14-7-5-4-6-8-14/h4-8,12-13,15H,9-11H2,1-3H3,(H2,17,20). The number of piperazine rings is 1. The number of hydrogen-bond acceptors (Lipinski definition) is 3. The highest BCUT2D eigenvalue weighted by atomic mass is 32.1. The maximum atomic E-state index is 5.83. The van der Waals surface area contributed by atoms with Crippen molar-refractivity contribution in [3.05, 3.63) is 35.9 Å². The smallest absolute Gasteiger partial charge is 0.0746 e. The lowest BCUT2D eigenvalue weighted by atomic mass is 9.98. The first-order valence-corrected chi connectivity index (χ1v) is 7.69. The van der Waals surface area contributed by atoms with Gasteiger partial charge in [0.1, 0.15) is 0 Å². The fourth-order valence-electron chi connectivity index (χ4n) is 3.02. The maximum absolute atomic E-state index is 5.83. The van der Waals surface area contributed by atoms with Crippen molar-refractivity contribution in [2.75, 3.05) is 20.1 Å². The lowest BCUT2D eigenvalue weighted by Crippen LogP contribution is -2.55. The molecule has 3 atom stereocenters. The molecule has 0 bridgehead atoms. The van der Waals surface area contributed by atoms with Gasteiger partial charge in [0.25, 0.3) is 0 Å². The Bertz CT molecular complexity index is 436. The van der Waals surface area contributed by atoms with Crippen LogP contribution in [0.25, 0.3) is 0 Å². The largest absolute Gasteiger partial charge is 0.393 e. The molecule has 2 N–H and O–H groups in total. The Balaban J connectivity index is 2.21. The summed E-state index contributed by atoms with van der Waals surface area (Å²) in [4.78, 5) is 5.57. The minimum atomic E-state index is 0.298. The molecule has 1 aromatic carbocycles. The molecule has 2 rings (SSSR count). The summed E-state index contributed by atoms with van der Waals surface area (Å²) in [5.41, 5.74) is 7.14. The van der Waals surface area contributed by atoms with Crippen LogP contribution >= 0.6 is 12.2 Å². The van der Waals surface area contributed by atoms with Crippen LogP contribution in [-0.2, 0) is 0 Å². The molecule has 1 saturated heterocycles. The predicted molar refractivity (Wildman–Crippen MR) is 88.8 cm³/mol. The highest BCUT2D eigenvalue weighted by Crippen LogP contribution is 2.28. The zero-order chi connectivity index (χ0) is 14.7. The van der Waals surface area contributed by atoms with Crippen LogP contribution in [0.5, 0.6) is 0 Å². The highest BCUT2D eigenvalue weighted by Gasteiger charge is 2.31. The number of hydrogen-bond donors (Lipinski definition) is 1. The first kappa shape index (κ1) is 15.4. The van der Waals surface area contributed by atoms with E-state index in [1.807, 2.05) is 0 Å². The van der Waals surface area contributed by atoms with Crippen LogP contribution in [0, 0.1) is 0 Å². The third-order valence-corrected chi connectivity index (χ3v) is 4.57. The summed E-state index contributed by atoms with van der Waals surface area (Å²) in [6, 6.07) is 12.0. The van der Waals surface area contributed by atoms with Crippen LogP contribution < -0.4 is 5.73 Å². The summed E-state index contributed by atoms with van der Waals surface area (Å²) in [5.74, 6) is 0. The van der Waals surface area contributed by atoms with E-state index in [1.165, 1.54) is 5.56 Å². The van der Waals surface area contributed by atoms with Gasteiger partial charge in [-0.05, 0) is 26.5 Å². The second-order valence-electron chi connectivity index (χ2n) is 5.91. The number of nitrogens with two attached hydrogens (primary N) is 1. The Hall–Kier alpha value is -0.970. The van der Waals surface area contributed by atoms with Gasteiger partial charge in [-0.3, -0.25) is 9.80 Å². The van der Waals surface area contributed by atoms with Gasteiger partial charge in [-0.15, -0.1) is 0 Å². The van der Waals surface area contributed by atoms with Crippen LogP contribution in [-0.4, -0.2) is 47.0 Å². The molecule has 3 unspecified atom stereocenters. The fraction of sp³-hybridized carbons (Fsp3) is 0.562. The third-order valence-electron chi connectivity index (χ3n) is 4.41. The number of thiocarbonyl (C=S) groups is 1. The van der Waals surface area contributed by atoms with Crippen LogP contribution in [0.4, 0.5) is 0 Å². The summed E-state index contributed by atoms with van der Waals surface area (Å²) in [6.07, 6.45) is 0.752. The minimum absolute atomic E-state index is 0.298. The van der Waals surface area contributed by atoms with Crippen molar-refractivity contribution in [3.63, 3.8) is 0 Å². The summed E-state index contributed by atoms with van der Waals surface area (Å²) >= 11 is 5.16. The van der Waals surface area contributed by atoms with E-state index in [-0.39, 0.29) is 0 Å². The summed E-state index contributed by atoms with van der Waals surface area (Å²) < 4.78 is 0. The zero-order valence-corrected chi connectivity index (χ0v) is 13.4. The van der Waals surface area contributed by atoms with Gasteiger partial charge in [-0.25, -0.2) is 0 Å². The predicted octanol–water partition coefficient (Wildman–Crippen LogP) is 2.43. The molecule has 0 radical (unpaired) electrons. The van der Waals surface area contributed by atoms with Crippen molar-refractivity contribution < 1.29 is 0 Å². The van der Waals surface area contributed by atoms with Crippen LogP contribution in [0.2, 0.25) is 0 Å². The van der Waals surface area contributed by atoms with Gasteiger partial charge in [0.2, 0.25) is 0 Å². The monoisotopic (exact) mass is 291 g/mol. The van der Waals surface area contributed by atoms with Crippen molar-refractivity contribution in [1.82, 2.24) is 9.80 Å². The molecule has 0 saturated carbocycles. The highest BCUT2D eigenvalue weighted by molar-refractivity contribution is 7.80. The first-order chi connectivity index (χ1) is 9.49. The Morgan fingerprint density at radius 3 is 2.30 bits per heavy atom. The first-order valence-electron chi connectivity index (χ1n) is 7.28. The molecule has 4 heteroatoms. The Morgan fingerprint density at radius 2 is 1.80 bits per heavy atom. The average molecular weight is 291 g/mol. The zero-order valence-electron chi connectivity index (χ0n) is 12.6. The topological polar surface area (TPSA) is 32.5 Å². The molecule has 1 aromatic rings.